The van der Waals surface area contributed by atoms with Crippen LogP contribution >= 0.6 is 0 Å². The van der Waals surface area contributed by atoms with E-state index in [0.29, 0.717) is 5.92 Å². The van der Waals surface area contributed by atoms with Gasteiger partial charge in [-0.15, -0.1) is 0 Å². The monoisotopic (exact) mass is 284 g/mol. The third kappa shape index (κ3) is 6.86. The maximum atomic E-state index is 10.5. The maximum Gasteiger partial charge on any atom is 0.336 e. The summed E-state index contributed by atoms with van der Waals surface area (Å²) < 4.78 is 0. The van der Waals surface area contributed by atoms with E-state index >= 15 is 0 Å². The van der Waals surface area contributed by atoms with Crippen molar-refractivity contribution in [3.63, 3.8) is 0 Å². The van der Waals surface area contributed by atoms with Crippen molar-refractivity contribution in [1.82, 2.24) is 0 Å². The predicted molar refractivity (Wildman–Crippen MR) is 72.9 cm³/mol. The van der Waals surface area contributed by atoms with Crippen LogP contribution in [-0.4, -0.2) is 45.6 Å². The zero-order valence-electron chi connectivity index (χ0n) is 11.3. The van der Waals surface area contributed by atoms with Gasteiger partial charge in [0.15, 0.2) is 0 Å². The van der Waals surface area contributed by atoms with Crippen LogP contribution in [0, 0.1) is 5.92 Å². The van der Waals surface area contributed by atoms with Crippen molar-refractivity contribution in [2.75, 3.05) is 13.2 Å². The van der Waals surface area contributed by atoms with Crippen LogP contribution in [0.5, 0.6) is 0 Å². The summed E-state index contributed by atoms with van der Waals surface area (Å²) in [5.41, 5.74) is -0.380. The van der Waals surface area contributed by atoms with Crippen LogP contribution in [0.4, 0.5) is 0 Å². The van der Waals surface area contributed by atoms with Gasteiger partial charge in [-0.05, 0) is 30.9 Å². The van der Waals surface area contributed by atoms with Gasteiger partial charge in [-0.1, -0.05) is 19.1 Å². The molecule has 6 heteroatoms. The Morgan fingerprint density at radius 2 is 1.50 bits per heavy atom. The van der Waals surface area contributed by atoms with E-state index in [4.69, 9.17) is 20.4 Å². The predicted octanol–water partition coefficient (Wildman–Crippen LogP) is 1.47. The normalized spacial score (nSPS) is 11.2. The van der Waals surface area contributed by atoms with Crippen LogP contribution in [0.15, 0.2) is 24.3 Å². The molecule has 1 aromatic rings. The molecule has 6 nitrogen and oxygen atoms in total. The number of aliphatic hydroxyl groups is 2. The fourth-order valence-corrected chi connectivity index (χ4v) is 1.39. The minimum atomic E-state index is -1.23. The van der Waals surface area contributed by atoms with Crippen LogP contribution < -0.4 is 0 Å². The lowest BCUT2D eigenvalue weighted by molar-refractivity contribution is 0.0651. The van der Waals surface area contributed by atoms with Gasteiger partial charge in [0.2, 0.25) is 0 Å². The number of hydrogen-bond donors (Lipinski definition) is 4. The molecule has 0 heterocycles. The largest absolute Gasteiger partial charge is 0.478 e. The van der Waals surface area contributed by atoms with Crippen molar-refractivity contribution in [2.45, 2.75) is 19.8 Å². The van der Waals surface area contributed by atoms with Crippen molar-refractivity contribution < 1.29 is 30.0 Å². The molecule has 0 aliphatic rings. The van der Waals surface area contributed by atoms with Crippen LogP contribution in [0.25, 0.3) is 0 Å². The summed E-state index contributed by atoms with van der Waals surface area (Å²) in [5, 5.41) is 33.9. The topological polar surface area (TPSA) is 115 Å². The Morgan fingerprint density at radius 1 is 1.05 bits per heavy atom. The van der Waals surface area contributed by atoms with Gasteiger partial charge in [-0.25, -0.2) is 9.59 Å². The molecular formula is C14H20O6. The van der Waals surface area contributed by atoms with E-state index in [2.05, 4.69) is 0 Å². The zero-order valence-corrected chi connectivity index (χ0v) is 11.3. The van der Waals surface area contributed by atoms with Gasteiger partial charge in [-0.3, -0.25) is 0 Å². The van der Waals surface area contributed by atoms with Gasteiger partial charge in [0.1, 0.15) is 0 Å². The Kier molecular flexibility index (Phi) is 8.98. The highest BCUT2D eigenvalue weighted by molar-refractivity contribution is 6.01. The molecule has 0 saturated heterocycles. The summed E-state index contributed by atoms with van der Waals surface area (Å²) in [6, 6.07) is 5.48. The molecule has 0 saturated carbocycles. The van der Waals surface area contributed by atoms with E-state index in [-0.39, 0.29) is 24.3 Å². The quantitative estimate of drug-likeness (QED) is 0.629. The first-order valence-corrected chi connectivity index (χ1v) is 6.21. The van der Waals surface area contributed by atoms with Crippen LogP contribution in [0.3, 0.4) is 0 Å². The third-order valence-electron chi connectivity index (χ3n) is 2.55. The average molecular weight is 284 g/mol. The first-order valence-electron chi connectivity index (χ1n) is 6.21. The lowest BCUT2D eigenvalue weighted by atomic mass is 10.1. The number of carbonyl (C=O) groups is 2. The van der Waals surface area contributed by atoms with E-state index in [1.165, 1.54) is 24.3 Å². The molecule has 0 aliphatic heterocycles. The van der Waals surface area contributed by atoms with Crippen LogP contribution in [-0.2, 0) is 0 Å². The summed E-state index contributed by atoms with van der Waals surface area (Å²) >= 11 is 0. The number of carboxylic acids is 2. The number of aliphatic hydroxyl groups excluding tert-OH is 2. The molecule has 1 aromatic carbocycles. The standard InChI is InChI=1S/C8H6O4.C6H14O2/c9-7(10)5-3-1-2-4-6(5)8(11)12;1-6(5-8)3-2-4-7/h1-4H,(H,9,10)(H,11,12);6-8H,2-5H2,1H3. The molecule has 0 bridgehead atoms. The summed E-state index contributed by atoms with van der Waals surface area (Å²) in [6.45, 7) is 2.44. The second kappa shape index (κ2) is 9.94. The van der Waals surface area contributed by atoms with E-state index < -0.39 is 11.9 Å². The molecule has 0 aromatic heterocycles. The summed E-state index contributed by atoms with van der Waals surface area (Å²) in [4.78, 5) is 20.9. The van der Waals surface area contributed by atoms with Gasteiger partial charge in [-0.2, -0.15) is 0 Å². The second-order valence-electron chi connectivity index (χ2n) is 4.31. The van der Waals surface area contributed by atoms with Gasteiger partial charge >= 0.3 is 11.9 Å². The SMILES string of the molecule is CC(CO)CCCO.O=C(O)c1ccccc1C(=O)O. The number of rotatable bonds is 6. The molecule has 0 aliphatic carbocycles. The van der Waals surface area contributed by atoms with Crippen molar-refractivity contribution in [3.8, 4) is 0 Å². The molecule has 112 valence electrons. The first-order chi connectivity index (χ1) is 9.43. The van der Waals surface area contributed by atoms with Gasteiger partial charge in [0, 0.05) is 13.2 Å². The third-order valence-corrected chi connectivity index (χ3v) is 2.55. The van der Waals surface area contributed by atoms with E-state index in [0.717, 1.165) is 12.8 Å². The van der Waals surface area contributed by atoms with E-state index in [1.807, 2.05) is 6.92 Å². The van der Waals surface area contributed by atoms with Crippen molar-refractivity contribution in [2.24, 2.45) is 5.92 Å². The Morgan fingerprint density at radius 3 is 1.80 bits per heavy atom. The highest BCUT2D eigenvalue weighted by atomic mass is 16.4. The molecule has 20 heavy (non-hydrogen) atoms. The van der Waals surface area contributed by atoms with Gasteiger partial charge in [0.25, 0.3) is 0 Å². The Bertz CT molecular complexity index is 396. The summed E-state index contributed by atoms with van der Waals surface area (Å²) in [5.74, 6) is -2.11. The average Bonchev–Trinajstić information content (AvgIpc) is 2.45. The molecule has 1 rings (SSSR count). The second-order valence-corrected chi connectivity index (χ2v) is 4.31. The Balaban J connectivity index is 0.000000396. The van der Waals surface area contributed by atoms with Crippen molar-refractivity contribution >= 4 is 11.9 Å². The van der Waals surface area contributed by atoms with Gasteiger partial charge < -0.3 is 20.4 Å². The molecule has 0 fully saturated rings. The number of aromatic carboxylic acids is 2. The minimum absolute atomic E-state index is 0.190. The fraction of sp³-hybridized carbons (Fsp3) is 0.429. The molecule has 1 atom stereocenters. The minimum Gasteiger partial charge on any atom is -0.478 e. The molecular weight excluding hydrogens is 264 g/mol. The van der Waals surface area contributed by atoms with E-state index in [1.54, 1.807) is 0 Å². The molecule has 0 amide bonds. The summed E-state index contributed by atoms with van der Waals surface area (Å²) in [6.07, 6.45) is 1.73. The Labute approximate surface area is 117 Å². The number of hydrogen-bond acceptors (Lipinski definition) is 4. The zero-order chi connectivity index (χ0) is 15.5. The molecule has 1 unspecified atom stereocenters. The number of benzene rings is 1. The lowest BCUT2D eigenvalue weighted by Gasteiger charge is -2.03. The highest BCUT2D eigenvalue weighted by Crippen LogP contribution is 2.07. The smallest absolute Gasteiger partial charge is 0.336 e. The number of carboxylic acid groups (broad SMARTS) is 2. The van der Waals surface area contributed by atoms with E-state index in [9.17, 15) is 9.59 Å². The molecule has 0 spiro atoms. The van der Waals surface area contributed by atoms with Crippen molar-refractivity contribution in [1.29, 1.82) is 0 Å². The Hall–Kier alpha value is -1.92. The highest BCUT2D eigenvalue weighted by Gasteiger charge is 2.13. The molecule has 4 N–H and O–H groups in total. The van der Waals surface area contributed by atoms with Gasteiger partial charge in [0.05, 0.1) is 11.1 Å². The first kappa shape index (κ1) is 18.1. The van der Waals surface area contributed by atoms with Crippen LogP contribution in [0.1, 0.15) is 40.5 Å². The fourth-order valence-electron chi connectivity index (χ4n) is 1.39. The van der Waals surface area contributed by atoms with Crippen molar-refractivity contribution in [3.05, 3.63) is 35.4 Å². The molecule has 0 radical (unpaired) electrons. The maximum absolute atomic E-state index is 10.5. The van der Waals surface area contributed by atoms with Crippen LogP contribution in [0.2, 0.25) is 0 Å². The summed E-state index contributed by atoms with van der Waals surface area (Å²) in [7, 11) is 0. The lowest BCUT2D eigenvalue weighted by Crippen LogP contribution is -2.06.